The van der Waals surface area contributed by atoms with E-state index in [1.165, 1.54) is 0 Å². The molecule has 3 rings (SSSR count). The Kier molecular flexibility index (Phi) is 2.98. The van der Waals surface area contributed by atoms with E-state index in [0.29, 0.717) is 30.9 Å². The molecular weight excluding hydrogens is 252 g/mol. The molecule has 19 heavy (non-hydrogen) atoms. The molecule has 102 valence electrons. The first-order valence-electron chi connectivity index (χ1n) is 6.28. The van der Waals surface area contributed by atoms with E-state index in [0.717, 1.165) is 12.8 Å². The third-order valence-corrected chi connectivity index (χ3v) is 3.55. The van der Waals surface area contributed by atoms with Gasteiger partial charge in [0.25, 0.3) is 5.91 Å². The van der Waals surface area contributed by atoms with Gasteiger partial charge in [-0.1, -0.05) is 5.16 Å². The van der Waals surface area contributed by atoms with Gasteiger partial charge in [-0.05, 0) is 12.8 Å². The van der Waals surface area contributed by atoms with Crippen molar-refractivity contribution in [1.29, 1.82) is 0 Å². The van der Waals surface area contributed by atoms with Crippen LogP contribution in [0.4, 0.5) is 0 Å². The van der Waals surface area contributed by atoms with Crippen LogP contribution in [0.15, 0.2) is 4.52 Å². The highest BCUT2D eigenvalue weighted by Crippen LogP contribution is 2.24. The average molecular weight is 266 g/mol. The summed E-state index contributed by atoms with van der Waals surface area (Å²) >= 11 is 0. The van der Waals surface area contributed by atoms with E-state index in [1.54, 1.807) is 4.90 Å². The third-order valence-electron chi connectivity index (χ3n) is 3.55. The molecule has 0 radical (unpaired) electrons. The summed E-state index contributed by atoms with van der Waals surface area (Å²) < 4.78 is 10.4. The van der Waals surface area contributed by atoms with Crippen molar-refractivity contribution >= 4 is 11.9 Å². The number of rotatable bonds is 2. The maximum absolute atomic E-state index is 12.2. The van der Waals surface area contributed by atoms with Crippen LogP contribution in [0, 0.1) is 0 Å². The smallest absolute Gasteiger partial charge is 0.358 e. The standard InChI is InChI=1S/C12H14N2O5/c15-11(9-2-1-5-18-9)14-4-3-8-7(6-14)10(12(16)17)13-19-8/h9H,1-6H2,(H,16,17). The number of carboxylic acid groups (broad SMARTS) is 1. The summed E-state index contributed by atoms with van der Waals surface area (Å²) in [6, 6.07) is 0. The van der Waals surface area contributed by atoms with Crippen LogP contribution in [0.5, 0.6) is 0 Å². The Morgan fingerprint density at radius 2 is 2.26 bits per heavy atom. The Morgan fingerprint density at radius 3 is 2.95 bits per heavy atom. The first kappa shape index (κ1) is 12.2. The lowest BCUT2D eigenvalue weighted by atomic mass is 10.0. The van der Waals surface area contributed by atoms with E-state index >= 15 is 0 Å². The van der Waals surface area contributed by atoms with Crippen LogP contribution in [0.2, 0.25) is 0 Å². The van der Waals surface area contributed by atoms with E-state index in [-0.39, 0.29) is 24.2 Å². The predicted molar refractivity (Wildman–Crippen MR) is 61.6 cm³/mol. The zero-order valence-electron chi connectivity index (χ0n) is 10.3. The Hall–Kier alpha value is -1.89. The second-order valence-corrected chi connectivity index (χ2v) is 4.75. The van der Waals surface area contributed by atoms with Gasteiger partial charge >= 0.3 is 5.97 Å². The lowest BCUT2D eigenvalue weighted by Gasteiger charge is -2.28. The van der Waals surface area contributed by atoms with Crippen molar-refractivity contribution in [2.24, 2.45) is 0 Å². The fraction of sp³-hybridized carbons (Fsp3) is 0.583. The van der Waals surface area contributed by atoms with Crippen LogP contribution >= 0.6 is 0 Å². The zero-order valence-corrected chi connectivity index (χ0v) is 10.3. The van der Waals surface area contributed by atoms with E-state index in [1.807, 2.05) is 0 Å². The van der Waals surface area contributed by atoms with Crippen molar-refractivity contribution in [2.75, 3.05) is 13.2 Å². The summed E-state index contributed by atoms with van der Waals surface area (Å²) in [5.74, 6) is -0.633. The molecule has 1 atom stereocenters. The van der Waals surface area contributed by atoms with Gasteiger partial charge in [-0.15, -0.1) is 0 Å². The largest absolute Gasteiger partial charge is 0.476 e. The fourth-order valence-corrected chi connectivity index (χ4v) is 2.54. The molecule has 1 N–H and O–H groups in total. The summed E-state index contributed by atoms with van der Waals surface area (Å²) in [7, 11) is 0. The summed E-state index contributed by atoms with van der Waals surface area (Å²) in [5, 5.41) is 12.6. The molecule has 3 heterocycles. The summed E-state index contributed by atoms with van der Waals surface area (Å²) in [4.78, 5) is 24.9. The van der Waals surface area contributed by atoms with Crippen molar-refractivity contribution in [3.63, 3.8) is 0 Å². The van der Waals surface area contributed by atoms with Crippen LogP contribution in [-0.2, 0) is 22.5 Å². The molecule has 0 aliphatic carbocycles. The predicted octanol–water partition coefficient (Wildman–Crippen LogP) is 0.437. The number of ether oxygens (including phenoxy) is 1. The van der Waals surface area contributed by atoms with E-state index < -0.39 is 5.97 Å². The van der Waals surface area contributed by atoms with Gasteiger partial charge in [-0.25, -0.2) is 4.79 Å². The monoisotopic (exact) mass is 266 g/mol. The molecule has 7 heteroatoms. The number of nitrogens with zero attached hydrogens (tertiary/aromatic N) is 2. The minimum absolute atomic E-state index is 0.0688. The summed E-state index contributed by atoms with van der Waals surface area (Å²) in [6.07, 6.45) is 1.74. The number of aromatic nitrogens is 1. The van der Waals surface area contributed by atoms with Crippen molar-refractivity contribution in [3.8, 4) is 0 Å². The van der Waals surface area contributed by atoms with E-state index in [4.69, 9.17) is 14.4 Å². The lowest BCUT2D eigenvalue weighted by molar-refractivity contribution is -0.142. The number of carboxylic acids is 1. The minimum atomic E-state index is -1.13. The normalized spacial score (nSPS) is 22.3. The highest BCUT2D eigenvalue weighted by atomic mass is 16.5. The number of amides is 1. The van der Waals surface area contributed by atoms with Crippen molar-refractivity contribution < 1.29 is 24.0 Å². The molecule has 0 aromatic carbocycles. The molecule has 1 unspecified atom stereocenters. The molecule has 0 bridgehead atoms. The molecule has 1 amide bonds. The van der Waals surface area contributed by atoms with Crippen molar-refractivity contribution in [1.82, 2.24) is 10.1 Å². The van der Waals surface area contributed by atoms with Gasteiger partial charge < -0.3 is 19.3 Å². The van der Waals surface area contributed by atoms with Crippen LogP contribution in [0.25, 0.3) is 0 Å². The van der Waals surface area contributed by atoms with Crippen LogP contribution in [-0.4, -0.2) is 46.3 Å². The highest BCUT2D eigenvalue weighted by Gasteiger charge is 2.33. The Labute approximate surface area is 109 Å². The molecule has 2 aliphatic rings. The SMILES string of the molecule is O=C(O)c1noc2c1CN(C(=O)C1CCCO1)CC2. The van der Waals surface area contributed by atoms with Crippen molar-refractivity contribution in [2.45, 2.75) is 31.9 Å². The van der Waals surface area contributed by atoms with Gasteiger partial charge in [0.05, 0.1) is 6.54 Å². The molecule has 1 fully saturated rings. The van der Waals surface area contributed by atoms with Gasteiger partial charge in [0.2, 0.25) is 0 Å². The number of carbonyl (C=O) groups is 2. The number of carbonyl (C=O) groups excluding carboxylic acids is 1. The zero-order chi connectivity index (χ0) is 13.4. The maximum Gasteiger partial charge on any atom is 0.358 e. The second-order valence-electron chi connectivity index (χ2n) is 4.75. The number of aromatic carboxylic acids is 1. The first-order chi connectivity index (χ1) is 9.16. The Bertz CT molecular complexity index is 518. The van der Waals surface area contributed by atoms with Gasteiger partial charge in [0.15, 0.2) is 5.69 Å². The van der Waals surface area contributed by atoms with Crippen LogP contribution in [0.1, 0.15) is 34.7 Å². The topological polar surface area (TPSA) is 92.9 Å². The number of hydrogen-bond acceptors (Lipinski definition) is 5. The first-order valence-corrected chi connectivity index (χ1v) is 6.28. The number of hydrogen-bond donors (Lipinski definition) is 1. The Morgan fingerprint density at radius 1 is 1.42 bits per heavy atom. The third kappa shape index (κ3) is 2.10. The number of fused-ring (bicyclic) bond motifs is 1. The lowest BCUT2D eigenvalue weighted by Crippen LogP contribution is -2.42. The van der Waals surface area contributed by atoms with Crippen molar-refractivity contribution in [3.05, 3.63) is 17.0 Å². The van der Waals surface area contributed by atoms with Crippen LogP contribution in [0.3, 0.4) is 0 Å². The minimum Gasteiger partial charge on any atom is -0.476 e. The second kappa shape index (κ2) is 4.65. The van der Waals surface area contributed by atoms with Crippen LogP contribution < -0.4 is 0 Å². The van der Waals surface area contributed by atoms with Gasteiger partial charge in [-0.2, -0.15) is 0 Å². The molecule has 0 saturated carbocycles. The van der Waals surface area contributed by atoms with Gasteiger partial charge in [-0.3, -0.25) is 4.79 Å². The molecule has 1 aromatic rings. The van der Waals surface area contributed by atoms with E-state index in [9.17, 15) is 9.59 Å². The molecule has 0 spiro atoms. The fourth-order valence-electron chi connectivity index (χ4n) is 2.54. The molecule has 1 aromatic heterocycles. The van der Waals surface area contributed by atoms with Gasteiger partial charge in [0.1, 0.15) is 11.9 Å². The summed E-state index contributed by atoms with van der Waals surface area (Å²) in [5.41, 5.74) is 0.407. The Balaban J connectivity index is 1.79. The highest BCUT2D eigenvalue weighted by molar-refractivity contribution is 5.88. The quantitative estimate of drug-likeness (QED) is 0.834. The summed E-state index contributed by atoms with van der Waals surface area (Å²) in [6.45, 7) is 1.36. The average Bonchev–Trinajstić information content (AvgIpc) is 3.06. The molecular formula is C12H14N2O5. The molecule has 2 aliphatic heterocycles. The van der Waals surface area contributed by atoms with E-state index in [2.05, 4.69) is 5.16 Å². The molecule has 1 saturated heterocycles. The molecule has 7 nitrogen and oxygen atoms in total. The van der Waals surface area contributed by atoms with Gasteiger partial charge in [0, 0.05) is 25.1 Å². The maximum atomic E-state index is 12.2.